The van der Waals surface area contributed by atoms with Crippen LogP contribution < -0.4 is 10.6 Å². The molecule has 0 saturated carbocycles. The number of hydrogen-bond acceptors (Lipinski definition) is 2. The molecule has 32 heavy (non-hydrogen) atoms. The number of nitrogens with one attached hydrogen (secondary N) is 2. The highest BCUT2D eigenvalue weighted by Crippen LogP contribution is 2.30. The van der Waals surface area contributed by atoms with Crippen LogP contribution in [0.5, 0.6) is 0 Å². The largest absolute Gasteiger partial charge is 0.435 e. The van der Waals surface area contributed by atoms with E-state index < -0.39 is 17.9 Å². The number of aromatic nitrogens is 2. The minimum atomic E-state index is -4.61. The summed E-state index contributed by atoms with van der Waals surface area (Å²) in [6.07, 6.45) is -2.39. The Morgan fingerprint density at radius 2 is 1.88 bits per heavy atom. The zero-order valence-electron chi connectivity index (χ0n) is 16.7. The molecule has 0 bridgehead atoms. The van der Waals surface area contributed by atoms with Crippen molar-refractivity contribution in [2.75, 3.05) is 0 Å². The molecule has 1 unspecified atom stereocenters. The zero-order valence-corrected chi connectivity index (χ0v) is 18.2. The standard InChI is InChI=1S/C22H19Cl2F3N4O/c23-15-2-1-3-18(10-15)31-19(11-20(30-31)22(25,26)27)12-28-21(32)29-17-7-5-13-4-6-16(24)8-14(13)9-17/h1-4,6,8,10-11,17H,5,7,9,12H2,(H2,28,29,32). The number of fused-ring (bicyclic) bond motifs is 1. The molecule has 3 aromatic rings. The molecule has 5 nitrogen and oxygen atoms in total. The molecule has 10 heteroatoms. The van der Waals surface area contributed by atoms with Crippen LogP contribution in [0.4, 0.5) is 18.0 Å². The van der Waals surface area contributed by atoms with Crippen LogP contribution in [0.1, 0.15) is 28.9 Å². The van der Waals surface area contributed by atoms with Crippen LogP contribution in [0.15, 0.2) is 48.5 Å². The summed E-state index contributed by atoms with van der Waals surface area (Å²) in [4.78, 5) is 12.4. The number of carbonyl (C=O) groups is 1. The number of rotatable bonds is 4. The molecule has 4 rings (SSSR count). The van der Waals surface area contributed by atoms with Gasteiger partial charge in [0.25, 0.3) is 0 Å². The van der Waals surface area contributed by atoms with E-state index in [1.807, 2.05) is 18.2 Å². The Morgan fingerprint density at radius 3 is 2.62 bits per heavy atom. The molecule has 0 aliphatic heterocycles. The molecule has 2 N–H and O–H groups in total. The van der Waals surface area contributed by atoms with Gasteiger partial charge in [-0.05, 0) is 66.8 Å². The highest BCUT2D eigenvalue weighted by molar-refractivity contribution is 6.31. The van der Waals surface area contributed by atoms with Crippen LogP contribution >= 0.6 is 23.2 Å². The van der Waals surface area contributed by atoms with Crippen molar-refractivity contribution in [3.63, 3.8) is 0 Å². The summed E-state index contributed by atoms with van der Waals surface area (Å²) in [5.41, 5.74) is 1.79. The second-order valence-electron chi connectivity index (χ2n) is 7.59. The first kappa shape index (κ1) is 22.5. The second-order valence-corrected chi connectivity index (χ2v) is 8.46. The fourth-order valence-electron chi connectivity index (χ4n) is 3.77. The molecule has 168 valence electrons. The lowest BCUT2D eigenvalue weighted by atomic mass is 9.88. The molecule has 2 aromatic carbocycles. The lowest BCUT2D eigenvalue weighted by Crippen LogP contribution is -2.44. The van der Waals surface area contributed by atoms with E-state index in [0.717, 1.165) is 29.2 Å². The van der Waals surface area contributed by atoms with Crippen molar-refractivity contribution in [1.29, 1.82) is 0 Å². The maximum atomic E-state index is 13.2. The Balaban J connectivity index is 1.45. The van der Waals surface area contributed by atoms with Gasteiger partial charge in [0.1, 0.15) is 0 Å². The predicted octanol–water partition coefficient (Wildman–Crippen LogP) is 5.55. The van der Waals surface area contributed by atoms with Gasteiger partial charge in [-0.25, -0.2) is 9.48 Å². The third-order valence-corrected chi connectivity index (χ3v) is 5.76. The lowest BCUT2D eigenvalue weighted by molar-refractivity contribution is -0.141. The van der Waals surface area contributed by atoms with Crippen molar-refractivity contribution in [2.45, 2.75) is 38.0 Å². The van der Waals surface area contributed by atoms with Gasteiger partial charge in [-0.2, -0.15) is 18.3 Å². The van der Waals surface area contributed by atoms with Gasteiger partial charge in [0.15, 0.2) is 5.69 Å². The van der Waals surface area contributed by atoms with Gasteiger partial charge >= 0.3 is 12.2 Å². The average Bonchev–Trinajstić information content (AvgIpc) is 3.17. The first-order valence-electron chi connectivity index (χ1n) is 9.93. The number of hydrogen-bond donors (Lipinski definition) is 2. The Morgan fingerprint density at radius 1 is 1.09 bits per heavy atom. The van der Waals surface area contributed by atoms with Crippen LogP contribution in [0, 0.1) is 0 Å². The molecule has 1 aliphatic carbocycles. The van der Waals surface area contributed by atoms with E-state index in [2.05, 4.69) is 15.7 Å². The normalized spacial score (nSPS) is 15.8. The first-order chi connectivity index (χ1) is 15.2. The third kappa shape index (κ3) is 5.19. The number of benzene rings is 2. The summed E-state index contributed by atoms with van der Waals surface area (Å²) in [5, 5.41) is 10.2. The molecular weight excluding hydrogens is 464 g/mol. The summed E-state index contributed by atoms with van der Waals surface area (Å²) >= 11 is 12.0. The maximum Gasteiger partial charge on any atom is 0.435 e. The van der Waals surface area contributed by atoms with Crippen molar-refractivity contribution in [2.24, 2.45) is 0 Å². The molecular formula is C22H19Cl2F3N4O. The smallest absolute Gasteiger partial charge is 0.335 e. The molecule has 1 aromatic heterocycles. The summed E-state index contributed by atoms with van der Waals surface area (Å²) in [5.74, 6) is 0. The third-order valence-electron chi connectivity index (χ3n) is 5.29. The lowest BCUT2D eigenvalue weighted by Gasteiger charge is -2.25. The van der Waals surface area contributed by atoms with Gasteiger partial charge in [0, 0.05) is 16.1 Å². The Hall–Kier alpha value is -2.71. The summed E-state index contributed by atoms with van der Waals surface area (Å²) in [7, 11) is 0. The van der Waals surface area contributed by atoms with Crippen molar-refractivity contribution >= 4 is 29.2 Å². The molecule has 0 spiro atoms. The number of carbonyl (C=O) groups excluding carboxylic acids is 1. The number of alkyl halides is 3. The SMILES string of the molecule is O=C(NCc1cc(C(F)(F)F)nn1-c1cccc(Cl)c1)NC1CCc2ccc(Cl)cc2C1. The van der Waals surface area contributed by atoms with Gasteiger partial charge in [-0.15, -0.1) is 0 Å². The van der Waals surface area contributed by atoms with Gasteiger partial charge in [-0.3, -0.25) is 0 Å². The van der Waals surface area contributed by atoms with Gasteiger partial charge in [0.05, 0.1) is 17.9 Å². The number of urea groups is 1. The first-order valence-corrected chi connectivity index (χ1v) is 10.7. The van der Waals surface area contributed by atoms with Crippen molar-refractivity contribution in [1.82, 2.24) is 20.4 Å². The number of nitrogens with zero attached hydrogens (tertiary/aromatic N) is 2. The van der Waals surface area contributed by atoms with E-state index in [1.165, 1.54) is 11.6 Å². The second kappa shape index (κ2) is 9.03. The van der Waals surface area contributed by atoms with Crippen molar-refractivity contribution in [3.05, 3.63) is 81.1 Å². The van der Waals surface area contributed by atoms with E-state index in [1.54, 1.807) is 18.2 Å². The van der Waals surface area contributed by atoms with E-state index in [4.69, 9.17) is 23.2 Å². The van der Waals surface area contributed by atoms with Crippen LogP contribution in [-0.2, 0) is 25.6 Å². The van der Waals surface area contributed by atoms with E-state index in [-0.39, 0.29) is 18.3 Å². The Kier molecular flexibility index (Phi) is 6.35. The highest BCUT2D eigenvalue weighted by Gasteiger charge is 2.35. The quantitative estimate of drug-likeness (QED) is 0.511. The monoisotopic (exact) mass is 482 g/mol. The fraction of sp³-hybridized carbons (Fsp3) is 0.273. The van der Waals surface area contributed by atoms with Gasteiger partial charge < -0.3 is 10.6 Å². The van der Waals surface area contributed by atoms with Crippen LogP contribution in [0.3, 0.4) is 0 Å². The minimum absolute atomic E-state index is 0.0930. The number of amides is 2. The maximum absolute atomic E-state index is 13.2. The molecule has 2 amide bonds. The summed E-state index contributed by atoms with van der Waals surface area (Å²) < 4.78 is 40.8. The molecule has 0 radical (unpaired) electrons. The van der Waals surface area contributed by atoms with Crippen LogP contribution in [0.2, 0.25) is 10.0 Å². The minimum Gasteiger partial charge on any atom is -0.335 e. The fourth-order valence-corrected chi connectivity index (χ4v) is 4.15. The molecule has 0 saturated heterocycles. The van der Waals surface area contributed by atoms with Crippen molar-refractivity contribution in [3.8, 4) is 5.69 Å². The van der Waals surface area contributed by atoms with Gasteiger partial charge in [-0.1, -0.05) is 35.3 Å². The van der Waals surface area contributed by atoms with E-state index in [9.17, 15) is 18.0 Å². The topological polar surface area (TPSA) is 59.0 Å². The highest BCUT2D eigenvalue weighted by atomic mass is 35.5. The molecule has 1 atom stereocenters. The van der Waals surface area contributed by atoms with E-state index in [0.29, 0.717) is 22.2 Å². The van der Waals surface area contributed by atoms with E-state index >= 15 is 0 Å². The molecule has 1 aliphatic rings. The van der Waals surface area contributed by atoms with Crippen LogP contribution in [-0.4, -0.2) is 21.9 Å². The molecule has 0 fully saturated rings. The Bertz CT molecular complexity index is 1150. The summed E-state index contributed by atoms with van der Waals surface area (Å²) in [6, 6.07) is 12.4. The van der Waals surface area contributed by atoms with Gasteiger partial charge in [0.2, 0.25) is 0 Å². The zero-order chi connectivity index (χ0) is 22.9. The van der Waals surface area contributed by atoms with Crippen LogP contribution in [0.25, 0.3) is 5.69 Å². The number of aryl methyl sites for hydroxylation is 1. The number of halogens is 5. The summed E-state index contributed by atoms with van der Waals surface area (Å²) in [6.45, 7) is -0.142. The molecule has 1 heterocycles. The predicted molar refractivity (Wildman–Crippen MR) is 116 cm³/mol. The Labute approximate surface area is 192 Å². The van der Waals surface area contributed by atoms with Crippen molar-refractivity contribution < 1.29 is 18.0 Å². The average molecular weight is 483 g/mol.